The molecule has 0 spiro atoms. The first-order chi connectivity index (χ1) is 9.95. The number of benzene rings is 1. The second kappa shape index (κ2) is 6.29. The molecule has 4 nitrogen and oxygen atoms in total. The molecule has 2 N–H and O–H groups in total. The average Bonchev–Trinajstić information content (AvgIpc) is 2.73. The summed E-state index contributed by atoms with van der Waals surface area (Å²) in [6.07, 6.45) is 2.02. The topological polar surface area (TPSA) is 53.5 Å². The Kier molecular flexibility index (Phi) is 4.66. The van der Waals surface area contributed by atoms with Gasteiger partial charge in [-0.05, 0) is 36.8 Å². The van der Waals surface area contributed by atoms with Gasteiger partial charge in [0, 0.05) is 6.54 Å². The standard InChI is InChI=1S/C17H25N3O/c1-5-10-18-16-19-15(21)17(4,20-16)14-8-6-13(7-9-14)11-12(2)3/h6-9,12H,5,10-11H2,1-4H3,(H2,18,19,20,21). The molecular formula is C17H25N3O. The van der Waals surface area contributed by atoms with Crippen LogP contribution in [0.3, 0.4) is 0 Å². The molecular weight excluding hydrogens is 262 g/mol. The average molecular weight is 287 g/mol. The van der Waals surface area contributed by atoms with Crippen LogP contribution in [0.4, 0.5) is 0 Å². The summed E-state index contributed by atoms with van der Waals surface area (Å²) in [5.74, 6) is 1.16. The zero-order valence-corrected chi connectivity index (χ0v) is 13.4. The number of carbonyl (C=O) groups excluding carboxylic acids is 1. The molecule has 1 heterocycles. The van der Waals surface area contributed by atoms with Crippen LogP contribution in [0.5, 0.6) is 0 Å². The molecule has 1 amide bonds. The molecule has 2 rings (SSSR count). The van der Waals surface area contributed by atoms with E-state index >= 15 is 0 Å². The van der Waals surface area contributed by atoms with Crippen molar-refractivity contribution in [1.82, 2.24) is 10.6 Å². The normalized spacial score (nSPS) is 23.5. The molecule has 114 valence electrons. The van der Waals surface area contributed by atoms with Crippen molar-refractivity contribution < 1.29 is 4.79 Å². The lowest BCUT2D eigenvalue weighted by atomic mass is 9.90. The first-order valence-electron chi connectivity index (χ1n) is 7.69. The van der Waals surface area contributed by atoms with Crippen molar-refractivity contribution in [2.75, 3.05) is 6.54 Å². The van der Waals surface area contributed by atoms with Crippen molar-refractivity contribution in [3.63, 3.8) is 0 Å². The number of rotatable bonds is 5. The minimum Gasteiger partial charge on any atom is -0.338 e. The van der Waals surface area contributed by atoms with Gasteiger partial charge in [-0.3, -0.25) is 15.1 Å². The van der Waals surface area contributed by atoms with E-state index < -0.39 is 5.54 Å². The SMILES string of the molecule is CCCN=C1NC(=O)C(C)(c2ccc(CC(C)C)cc2)N1. The monoisotopic (exact) mass is 287 g/mol. The van der Waals surface area contributed by atoms with Crippen molar-refractivity contribution in [2.24, 2.45) is 10.9 Å². The Labute approximate surface area is 127 Å². The zero-order valence-electron chi connectivity index (χ0n) is 13.4. The van der Waals surface area contributed by atoms with E-state index in [4.69, 9.17) is 0 Å². The van der Waals surface area contributed by atoms with Gasteiger partial charge >= 0.3 is 0 Å². The molecule has 0 radical (unpaired) electrons. The van der Waals surface area contributed by atoms with Gasteiger partial charge in [0.2, 0.25) is 0 Å². The molecule has 1 aliphatic heterocycles. The van der Waals surface area contributed by atoms with Crippen LogP contribution in [0, 0.1) is 5.92 Å². The Bertz CT molecular complexity index is 533. The van der Waals surface area contributed by atoms with Gasteiger partial charge in [-0.2, -0.15) is 0 Å². The maximum atomic E-state index is 12.3. The highest BCUT2D eigenvalue weighted by molar-refractivity contribution is 6.09. The molecule has 0 saturated carbocycles. The summed E-state index contributed by atoms with van der Waals surface area (Å²) in [5, 5.41) is 6.04. The molecule has 21 heavy (non-hydrogen) atoms. The number of nitrogens with zero attached hydrogens (tertiary/aromatic N) is 1. The van der Waals surface area contributed by atoms with Crippen LogP contribution in [0.25, 0.3) is 0 Å². The molecule has 0 aliphatic carbocycles. The van der Waals surface area contributed by atoms with E-state index in [1.807, 2.05) is 19.1 Å². The van der Waals surface area contributed by atoms with Crippen LogP contribution in [0.2, 0.25) is 0 Å². The van der Waals surface area contributed by atoms with Gasteiger partial charge in [0.05, 0.1) is 0 Å². The molecule has 0 aromatic heterocycles. The van der Waals surface area contributed by atoms with Crippen LogP contribution >= 0.6 is 0 Å². The molecule has 1 aromatic rings. The summed E-state index contributed by atoms with van der Waals surface area (Å²) in [5.41, 5.74) is 1.54. The van der Waals surface area contributed by atoms with E-state index in [9.17, 15) is 4.79 Å². The van der Waals surface area contributed by atoms with Crippen LogP contribution in [-0.2, 0) is 16.8 Å². The molecule has 1 aromatic carbocycles. The smallest absolute Gasteiger partial charge is 0.256 e. The van der Waals surface area contributed by atoms with Crippen molar-refractivity contribution in [3.8, 4) is 0 Å². The summed E-state index contributed by atoms with van der Waals surface area (Å²) < 4.78 is 0. The Balaban J connectivity index is 2.18. The molecule has 0 bridgehead atoms. The van der Waals surface area contributed by atoms with E-state index in [1.165, 1.54) is 5.56 Å². The van der Waals surface area contributed by atoms with Gasteiger partial charge in [0.25, 0.3) is 5.91 Å². The fourth-order valence-corrected chi connectivity index (χ4v) is 2.51. The second-order valence-corrected chi connectivity index (χ2v) is 6.23. The Hall–Kier alpha value is -1.84. The van der Waals surface area contributed by atoms with Gasteiger partial charge in [-0.25, -0.2) is 0 Å². The number of nitrogens with one attached hydrogen (secondary N) is 2. The fourth-order valence-electron chi connectivity index (χ4n) is 2.51. The zero-order chi connectivity index (χ0) is 15.5. The summed E-state index contributed by atoms with van der Waals surface area (Å²) in [6.45, 7) is 9.09. The maximum Gasteiger partial charge on any atom is 0.256 e. The molecule has 1 unspecified atom stereocenters. The van der Waals surface area contributed by atoms with Crippen molar-refractivity contribution >= 4 is 11.9 Å². The highest BCUT2D eigenvalue weighted by Crippen LogP contribution is 2.25. The maximum absolute atomic E-state index is 12.3. The van der Waals surface area contributed by atoms with E-state index in [2.05, 4.69) is 48.5 Å². The molecule has 1 saturated heterocycles. The van der Waals surface area contributed by atoms with Crippen molar-refractivity contribution in [1.29, 1.82) is 0 Å². The van der Waals surface area contributed by atoms with Crippen LogP contribution in [-0.4, -0.2) is 18.4 Å². The molecule has 1 atom stereocenters. The first-order valence-corrected chi connectivity index (χ1v) is 7.69. The summed E-state index contributed by atoms with van der Waals surface area (Å²) in [7, 11) is 0. The Morgan fingerprint density at radius 1 is 1.24 bits per heavy atom. The minimum absolute atomic E-state index is 0.0473. The van der Waals surface area contributed by atoms with Crippen LogP contribution in [0.1, 0.15) is 45.2 Å². The molecule has 1 fully saturated rings. The van der Waals surface area contributed by atoms with E-state index in [1.54, 1.807) is 0 Å². The lowest BCUT2D eigenvalue weighted by Gasteiger charge is -2.22. The number of hydrogen-bond donors (Lipinski definition) is 2. The molecule has 1 aliphatic rings. The quantitative estimate of drug-likeness (QED) is 0.874. The lowest BCUT2D eigenvalue weighted by Crippen LogP contribution is -2.40. The third kappa shape index (κ3) is 3.43. The van der Waals surface area contributed by atoms with Crippen LogP contribution < -0.4 is 10.6 Å². The largest absolute Gasteiger partial charge is 0.338 e. The summed E-state index contributed by atoms with van der Waals surface area (Å²) in [4.78, 5) is 16.6. The number of guanidine groups is 1. The number of carbonyl (C=O) groups is 1. The Morgan fingerprint density at radius 3 is 2.48 bits per heavy atom. The number of aliphatic imine (C=N–C) groups is 1. The number of hydrogen-bond acceptors (Lipinski definition) is 2. The van der Waals surface area contributed by atoms with Gasteiger partial charge in [0.1, 0.15) is 5.54 Å². The molecule has 4 heteroatoms. The fraction of sp³-hybridized carbons (Fsp3) is 0.529. The van der Waals surface area contributed by atoms with E-state index in [0.29, 0.717) is 18.4 Å². The minimum atomic E-state index is -0.733. The first kappa shape index (κ1) is 15.5. The third-order valence-corrected chi connectivity index (χ3v) is 3.72. The van der Waals surface area contributed by atoms with Crippen LogP contribution in [0.15, 0.2) is 29.3 Å². The second-order valence-electron chi connectivity index (χ2n) is 6.23. The number of amides is 1. The van der Waals surface area contributed by atoms with E-state index in [0.717, 1.165) is 18.4 Å². The Morgan fingerprint density at radius 2 is 1.90 bits per heavy atom. The lowest BCUT2D eigenvalue weighted by molar-refractivity contribution is -0.123. The summed E-state index contributed by atoms with van der Waals surface area (Å²) >= 11 is 0. The highest BCUT2D eigenvalue weighted by atomic mass is 16.2. The van der Waals surface area contributed by atoms with Crippen molar-refractivity contribution in [2.45, 2.75) is 46.1 Å². The van der Waals surface area contributed by atoms with Gasteiger partial charge < -0.3 is 5.32 Å². The predicted octanol–water partition coefficient (Wildman–Crippen LogP) is 2.59. The third-order valence-electron chi connectivity index (χ3n) is 3.72. The predicted molar refractivity (Wildman–Crippen MR) is 86.2 cm³/mol. The summed E-state index contributed by atoms with van der Waals surface area (Å²) in [6, 6.07) is 8.29. The van der Waals surface area contributed by atoms with Crippen molar-refractivity contribution in [3.05, 3.63) is 35.4 Å². The van der Waals surface area contributed by atoms with Gasteiger partial charge in [-0.15, -0.1) is 0 Å². The highest BCUT2D eigenvalue weighted by Gasteiger charge is 2.42. The van der Waals surface area contributed by atoms with Gasteiger partial charge in [0.15, 0.2) is 5.96 Å². The van der Waals surface area contributed by atoms with E-state index in [-0.39, 0.29) is 5.91 Å². The van der Waals surface area contributed by atoms with Gasteiger partial charge in [-0.1, -0.05) is 45.0 Å².